The number of nitrogens with one attached hydrogen (secondary N) is 3. The average Bonchev–Trinajstić information content (AvgIpc) is 3.82. The molecule has 5 aromatic rings. The molecule has 44 heavy (non-hydrogen) atoms. The van der Waals surface area contributed by atoms with Crippen LogP contribution in [0.1, 0.15) is 53.0 Å². The molecule has 0 saturated heterocycles. The van der Waals surface area contributed by atoms with Crippen LogP contribution >= 0.6 is 0 Å². The van der Waals surface area contributed by atoms with Crippen molar-refractivity contribution >= 4 is 39.5 Å². The highest BCUT2D eigenvalue weighted by atomic mass is 32.2. The summed E-state index contributed by atoms with van der Waals surface area (Å²) in [6, 6.07) is 26.2. The highest BCUT2D eigenvalue weighted by molar-refractivity contribution is 7.87. The van der Waals surface area contributed by atoms with E-state index in [2.05, 4.69) is 15.4 Å². The molecule has 1 aliphatic carbocycles. The van der Waals surface area contributed by atoms with E-state index in [9.17, 15) is 18.2 Å². The van der Waals surface area contributed by atoms with Crippen molar-refractivity contribution in [1.29, 1.82) is 0 Å². The average molecular weight is 610 g/mol. The second-order valence-electron chi connectivity index (χ2n) is 11.4. The number of halogens is 1. The van der Waals surface area contributed by atoms with E-state index in [1.807, 2.05) is 56.3 Å². The van der Waals surface area contributed by atoms with Gasteiger partial charge in [0.15, 0.2) is 0 Å². The van der Waals surface area contributed by atoms with Crippen LogP contribution in [0.4, 0.5) is 10.1 Å². The van der Waals surface area contributed by atoms with Gasteiger partial charge in [0.05, 0.1) is 22.0 Å². The molecular formula is C35H32FN3O4S. The van der Waals surface area contributed by atoms with E-state index in [0.29, 0.717) is 50.2 Å². The Hall–Kier alpha value is -4.76. The fraction of sp³-hybridized carbons (Fsp3) is 0.200. The summed E-state index contributed by atoms with van der Waals surface area (Å²) in [4.78, 5) is 26.7. The lowest BCUT2D eigenvalue weighted by Crippen LogP contribution is -2.40. The molecule has 7 nitrogen and oxygen atoms in total. The summed E-state index contributed by atoms with van der Waals surface area (Å²) in [5.41, 5.74) is 3.95. The second kappa shape index (κ2) is 11.7. The molecular weight excluding hydrogens is 577 g/mol. The third-order valence-electron chi connectivity index (χ3n) is 7.78. The van der Waals surface area contributed by atoms with Gasteiger partial charge in [-0.3, -0.25) is 9.59 Å². The van der Waals surface area contributed by atoms with Crippen molar-refractivity contribution in [3.63, 3.8) is 0 Å². The van der Waals surface area contributed by atoms with Crippen LogP contribution in [0.2, 0.25) is 0 Å². The molecule has 1 fully saturated rings. The molecule has 0 aliphatic heterocycles. The Morgan fingerprint density at radius 1 is 0.886 bits per heavy atom. The van der Waals surface area contributed by atoms with Gasteiger partial charge in [-0.05, 0) is 80.3 Å². The maximum atomic E-state index is 13.7. The summed E-state index contributed by atoms with van der Waals surface area (Å²) in [5.74, 6) is -0.723. The maximum Gasteiger partial charge on any atom is 0.255 e. The predicted molar refractivity (Wildman–Crippen MR) is 172 cm³/mol. The smallest absolute Gasteiger partial charge is 0.255 e. The molecule has 3 N–H and O–H groups in total. The van der Waals surface area contributed by atoms with Gasteiger partial charge in [0.1, 0.15) is 28.1 Å². The molecule has 4 aromatic carbocycles. The summed E-state index contributed by atoms with van der Waals surface area (Å²) in [7, 11) is 0.205. The number of fused-ring (bicyclic) bond motifs is 1. The number of furan rings is 1. The minimum absolute atomic E-state index is 0.0590. The highest BCUT2D eigenvalue weighted by Crippen LogP contribution is 2.41. The van der Waals surface area contributed by atoms with Gasteiger partial charge in [0.2, 0.25) is 0 Å². The minimum atomic E-state index is -1.33. The summed E-state index contributed by atoms with van der Waals surface area (Å²) in [6.07, 6.45) is 1.75. The van der Waals surface area contributed by atoms with Crippen molar-refractivity contribution in [1.82, 2.24) is 10.6 Å². The van der Waals surface area contributed by atoms with E-state index >= 15 is 0 Å². The number of benzene rings is 4. The Kier molecular flexibility index (Phi) is 7.82. The van der Waals surface area contributed by atoms with Crippen molar-refractivity contribution in [2.75, 3.05) is 11.8 Å². The zero-order chi connectivity index (χ0) is 31.0. The van der Waals surface area contributed by atoms with Crippen LogP contribution in [0.15, 0.2) is 95.4 Å². The number of rotatable bonds is 9. The Bertz CT molecular complexity index is 1900. The third kappa shape index (κ3) is 5.88. The monoisotopic (exact) mass is 609 g/mol. The first kappa shape index (κ1) is 29.3. The Morgan fingerprint density at radius 3 is 2.30 bits per heavy atom. The number of hydrogen-bond acceptors (Lipinski definition) is 4. The van der Waals surface area contributed by atoms with Crippen LogP contribution in [0.25, 0.3) is 33.4 Å². The first-order chi connectivity index (χ1) is 21.1. The number of amides is 2. The van der Waals surface area contributed by atoms with Crippen LogP contribution in [-0.2, 0) is 16.5 Å². The quantitative estimate of drug-likeness (QED) is 0.165. The lowest BCUT2D eigenvalue weighted by molar-refractivity contribution is 0.0910. The van der Waals surface area contributed by atoms with Crippen molar-refractivity contribution in [3.05, 3.63) is 114 Å². The fourth-order valence-corrected chi connectivity index (χ4v) is 6.32. The largest absolute Gasteiger partial charge is 0.455 e. The summed E-state index contributed by atoms with van der Waals surface area (Å²) < 4.78 is 36.1. The standard InChI is InChI=1S/C35H32FN3O4S/c1-35(2,24-10-5-4-6-11-24)38-33(40)23-9-7-8-22(18-23)27-19-28-30(20-29(27)39-44(42)26-16-17-26)43-32(31(28)34(41)37-3)21-12-14-25(36)15-13-21/h4-15,18-20,26,39H,16-17H2,1-3H3,(H,37,41)(H,38,40). The zero-order valence-corrected chi connectivity index (χ0v) is 25.4. The molecule has 2 amide bonds. The normalized spacial score (nSPS) is 13.8. The molecule has 1 saturated carbocycles. The first-order valence-corrected chi connectivity index (χ1v) is 15.6. The van der Waals surface area contributed by atoms with Crippen LogP contribution in [0.5, 0.6) is 0 Å². The van der Waals surface area contributed by atoms with E-state index in [4.69, 9.17) is 4.42 Å². The van der Waals surface area contributed by atoms with Gasteiger partial charge < -0.3 is 19.8 Å². The Balaban J connectivity index is 1.46. The number of anilines is 1. The van der Waals surface area contributed by atoms with E-state index in [1.54, 1.807) is 36.4 Å². The summed E-state index contributed by atoms with van der Waals surface area (Å²) in [6.45, 7) is 3.90. The third-order valence-corrected chi connectivity index (χ3v) is 9.28. The van der Waals surface area contributed by atoms with Gasteiger partial charge in [0.25, 0.3) is 11.8 Å². The first-order valence-electron chi connectivity index (χ1n) is 14.4. The van der Waals surface area contributed by atoms with Gasteiger partial charge >= 0.3 is 0 Å². The Morgan fingerprint density at radius 2 is 1.61 bits per heavy atom. The predicted octanol–water partition coefficient (Wildman–Crippen LogP) is 7.17. The molecule has 0 bridgehead atoms. The lowest BCUT2D eigenvalue weighted by atomic mass is 9.93. The molecule has 1 aromatic heterocycles. The molecule has 0 radical (unpaired) electrons. The molecule has 224 valence electrons. The van der Waals surface area contributed by atoms with Crippen LogP contribution in [0, 0.1) is 5.82 Å². The van der Waals surface area contributed by atoms with Crippen LogP contribution in [-0.4, -0.2) is 28.3 Å². The van der Waals surface area contributed by atoms with Gasteiger partial charge in [-0.25, -0.2) is 8.60 Å². The summed E-state index contributed by atoms with van der Waals surface area (Å²) >= 11 is 0. The molecule has 0 spiro atoms. The molecule has 1 aliphatic rings. The Labute approximate surface area is 257 Å². The minimum Gasteiger partial charge on any atom is -0.455 e. The van der Waals surface area contributed by atoms with Crippen molar-refractivity contribution in [2.45, 2.75) is 37.5 Å². The SMILES string of the molecule is CNC(=O)c1c(-c2ccc(F)cc2)oc2cc(NS(=O)C3CC3)c(-c3cccc(C(=O)NC(C)(C)c4ccccc4)c3)cc12. The summed E-state index contributed by atoms with van der Waals surface area (Å²) in [5, 5.41) is 6.39. The van der Waals surface area contributed by atoms with E-state index in [-0.39, 0.29) is 17.1 Å². The molecule has 9 heteroatoms. The van der Waals surface area contributed by atoms with E-state index < -0.39 is 22.3 Å². The van der Waals surface area contributed by atoms with Gasteiger partial charge in [-0.15, -0.1) is 0 Å². The van der Waals surface area contributed by atoms with Crippen molar-refractivity contribution < 1.29 is 22.6 Å². The molecule has 1 unspecified atom stereocenters. The van der Waals surface area contributed by atoms with Gasteiger partial charge in [0, 0.05) is 35.2 Å². The fourth-order valence-electron chi connectivity index (χ4n) is 5.21. The van der Waals surface area contributed by atoms with Crippen molar-refractivity contribution in [2.24, 2.45) is 0 Å². The molecule has 6 rings (SSSR count). The van der Waals surface area contributed by atoms with Crippen molar-refractivity contribution in [3.8, 4) is 22.5 Å². The molecule has 1 heterocycles. The lowest BCUT2D eigenvalue weighted by Gasteiger charge is -2.27. The number of carbonyl (C=O) groups excluding carboxylic acids is 2. The zero-order valence-electron chi connectivity index (χ0n) is 24.6. The highest BCUT2D eigenvalue weighted by Gasteiger charge is 2.30. The number of hydrogen-bond donors (Lipinski definition) is 3. The van der Waals surface area contributed by atoms with Crippen LogP contribution < -0.4 is 15.4 Å². The molecule has 1 atom stereocenters. The van der Waals surface area contributed by atoms with E-state index in [0.717, 1.165) is 18.4 Å². The van der Waals surface area contributed by atoms with Gasteiger partial charge in [-0.2, -0.15) is 0 Å². The second-order valence-corrected chi connectivity index (χ2v) is 12.9. The van der Waals surface area contributed by atoms with Crippen LogP contribution in [0.3, 0.4) is 0 Å². The number of carbonyl (C=O) groups is 2. The van der Waals surface area contributed by atoms with E-state index in [1.165, 1.54) is 19.2 Å². The maximum absolute atomic E-state index is 13.7. The topological polar surface area (TPSA) is 100 Å². The van der Waals surface area contributed by atoms with Gasteiger partial charge in [-0.1, -0.05) is 42.5 Å².